The van der Waals surface area contributed by atoms with Crippen molar-refractivity contribution in [2.24, 2.45) is 0 Å². The van der Waals surface area contributed by atoms with Crippen molar-refractivity contribution in [3.8, 4) is 22.8 Å². The first-order valence-corrected chi connectivity index (χ1v) is 12.8. The zero-order valence-corrected chi connectivity index (χ0v) is 21.4. The van der Waals surface area contributed by atoms with Gasteiger partial charge in [-0.15, -0.1) is 0 Å². The molecule has 0 atom stereocenters. The Hall–Kier alpha value is -2.99. The normalized spacial score (nSPS) is 18.2. The van der Waals surface area contributed by atoms with Crippen molar-refractivity contribution < 1.29 is 14.3 Å². The molecule has 0 unspecified atom stereocenters. The number of aromatic nitrogens is 1. The van der Waals surface area contributed by atoms with Crippen molar-refractivity contribution in [2.75, 3.05) is 40.4 Å². The van der Waals surface area contributed by atoms with Crippen LogP contribution >= 0.6 is 0 Å². The summed E-state index contributed by atoms with van der Waals surface area (Å²) in [6.45, 7) is 8.00. The van der Waals surface area contributed by atoms with Crippen molar-refractivity contribution in [1.29, 1.82) is 0 Å². The Bertz CT molecular complexity index is 1200. The molecule has 35 heavy (non-hydrogen) atoms. The third kappa shape index (κ3) is 4.64. The van der Waals surface area contributed by atoms with Gasteiger partial charge in [-0.2, -0.15) is 0 Å². The van der Waals surface area contributed by atoms with Gasteiger partial charge in [0.2, 0.25) is 5.91 Å². The molecule has 2 fully saturated rings. The average Bonchev–Trinajstić information content (AvgIpc) is 3.24. The summed E-state index contributed by atoms with van der Waals surface area (Å²) in [6.07, 6.45) is 4.62. The Kier molecular flexibility index (Phi) is 6.74. The summed E-state index contributed by atoms with van der Waals surface area (Å²) >= 11 is 0. The molecule has 2 aliphatic heterocycles. The van der Waals surface area contributed by atoms with Crippen LogP contribution in [0.5, 0.6) is 11.5 Å². The molecule has 5 rings (SSSR count). The van der Waals surface area contributed by atoms with E-state index in [1.165, 1.54) is 34.9 Å². The summed E-state index contributed by atoms with van der Waals surface area (Å²) in [7, 11) is 3.33. The van der Waals surface area contributed by atoms with E-state index in [0.717, 1.165) is 61.8 Å². The Balaban J connectivity index is 1.29. The Morgan fingerprint density at radius 3 is 2.29 bits per heavy atom. The quantitative estimate of drug-likeness (QED) is 0.540. The van der Waals surface area contributed by atoms with E-state index in [1.807, 2.05) is 17.0 Å². The molecule has 0 saturated carbocycles. The van der Waals surface area contributed by atoms with E-state index in [1.54, 1.807) is 21.1 Å². The molecule has 1 N–H and O–H groups in total. The molecule has 186 valence electrons. The Morgan fingerprint density at radius 2 is 1.63 bits per heavy atom. The number of piperidine rings is 2. The van der Waals surface area contributed by atoms with E-state index in [2.05, 4.69) is 41.1 Å². The highest BCUT2D eigenvalue weighted by Gasteiger charge is 2.29. The van der Waals surface area contributed by atoms with Crippen LogP contribution in [0.25, 0.3) is 22.2 Å². The number of rotatable bonds is 5. The fraction of sp³-hybridized carbons (Fsp3) is 0.483. The topological polar surface area (TPSA) is 57.8 Å². The van der Waals surface area contributed by atoms with Gasteiger partial charge in [0, 0.05) is 48.2 Å². The first-order valence-electron chi connectivity index (χ1n) is 12.8. The summed E-state index contributed by atoms with van der Waals surface area (Å²) in [5.41, 5.74) is 6.12. The summed E-state index contributed by atoms with van der Waals surface area (Å²) < 4.78 is 10.9. The van der Waals surface area contributed by atoms with E-state index in [9.17, 15) is 4.79 Å². The van der Waals surface area contributed by atoms with Crippen LogP contribution in [-0.2, 0) is 4.79 Å². The van der Waals surface area contributed by atoms with Crippen molar-refractivity contribution in [3.05, 3.63) is 47.5 Å². The number of carbonyl (C=O) groups is 1. The molecule has 0 bridgehead atoms. The van der Waals surface area contributed by atoms with E-state index >= 15 is 0 Å². The van der Waals surface area contributed by atoms with E-state index in [-0.39, 0.29) is 5.91 Å². The highest BCUT2D eigenvalue weighted by Crippen LogP contribution is 2.38. The molecule has 3 aromatic rings. The van der Waals surface area contributed by atoms with Gasteiger partial charge in [-0.25, -0.2) is 0 Å². The number of nitrogens with zero attached hydrogens (tertiary/aromatic N) is 2. The molecule has 1 aromatic heterocycles. The minimum atomic E-state index is 0.215. The van der Waals surface area contributed by atoms with Gasteiger partial charge in [-0.3, -0.25) is 4.79 Å². The van der Waals surface area contributed by atoms with Crippen molar-refractivity contribution in [2.45, 2.75) is 51.5 Å². The van der Waals surface area contributed by atoms with E-state index < -0.39 is 0 Å². The number of benzene rings is 2. The van der Waals surface area contributed by atoms with Crippen molar-refractivity contribution in [1.82, 2.24) is 14.8 Å². The number of aryl methyl sites for hydroxylation is 1. The van der Waals surface area contributed by atoms with Gasteiger partial charge in [-0.05, 0) is 93.1 Å². The van der Waals surface area contributed by atoms with Gasteiger partial charge in [0.15, 0.2) is 11.5 Å². The number of hydrogen-bond acceptors (Lipinski definition) is 4. The second kappa shape index (κ2) is 9.94. The predicted molar refractivity (Wildman–Crippen MR) is 140 cm³/mol. The Morgan fingerprint density at radius 1 is 0.914 bits per heavy atom. The van der Waals surface area contributed by atoms with Gasteiger partial charge < -0.3 is 24.3 Å². The Labute approximate surface area is 208 Å². The number of ether oxygens (including phenoxy) is 2. The molecule has 0 spiro atoms. The largest absolute Gasteiger partial charge is 0.493 e. The number of H-pyrrole nitrogens is 1. The van der Waals surface area contributed by atoms with Gasteiger partial charge in [0.05, 0.1) is 14.2 Å². The molecule has 0 aliphatic carbocycles. The standard InChI is InChI=1S/C29H37N3O3/c1-19-25-17-22(21-9-13-32(14-10-21)24-11-15-31(16-12-24)20(2)33)5-7-26(25)30-29(19)23-6-8-27(34-3)28(18-23)35-4/h5-8,17-18,21,24,30H,9-16H2,1-4H3. The number of methoxy groups -OCH3 is 2. The van der Waals surface area contributed by atoms with Crippen LogP contribution in [0.1, 0.15) is 49.7 Å². The fourth-order valence-electron chi connectivity index (χ4n) is 6.02. The molecule has 2 aromatic carbocycles. The lowest BCUT2D eigenvalue weighted by atomic mass is 9.87. The minimum absolute atomic E-state index is 0.215. The highest BCUT2D eigenvalue weighted by atomic mass is 16.5. The molecule has 3 heterocycles. The molecule has 2 aliphatic rings. The molecular formula is C29H37N3O3. The number of likely N-dealkylation sites (tertiary alicyclic amines) is 2. The van der Waals surface area contributed by atoms with E-state index in [0.29, 0.717) is 12.0 Å². The van der Waals surface area contributed by atoms with E-state index in [4.69, 9.17) is 9.47 Å². The van der Waals surface area contributed by atoms with Gasteiger partial charge >= 0.3 is 0 Å². The zero-order valence-electron chi connectivity index (χ0n) is 21.4. The van der Waals surface area contributed by atoms with Gasteiger partial charge in [0.1, 0.15) is 0 Å². The molecule has 0 radical (unpaired) electrons. The molecule has 1 amide bonds. The van der Waals surface area contributed by atoms with Crippen LogP contribution in [0.15, 0.2) is 36.4 Å². The third-order valence-corrected chi connectivity index (χ3v) is 8.18. The second-order valence-corrected chi connectivity index (χ2v) is 10.0. The summed E-state index contributed by atoms with van der Waals surface area (Å²) in [5, 5.41) is 1.30. The van der Waals surface area contributed by atoms with Crippen LogP contribution in [0, 0.1) is 6.92 Å². The van der Waals surface area contributed by atoms with Crippen molar-refractivity contribution >= 4 is 16.8 Å². The number of carbonyl (C=O) groups excluding carboxylic acids is 1. The molecular weight excluding hydrogens is 438 g/mol. The second-order valence-electron chi connectivity index (χ2n) is 10.0. The van der Waals surface area contributed by atoms with Crippen LogP contribution in [0.2, 0.25) is 0 Å². The monoisotopic (exact) mass is 475 g/mol. The smallest absolute Gasteiger partial charge is 0.219 e. The molecule has 6 nitrogen and oxygen atoms in total. The van der Waals surface area contributed by atoms with Crippen LogP contribution in [0.4, 0.5) is 0 Å². The predicted octanol–water partition coefficient (Wildman–Crippen LogP) is 5.35. The van der Waals surface area contributed by atoms with Gasteiger partial charge in [0.25, 0.3) is 0 Å². The van der Waals surface area contributed by atoms with Crippen molar-refractivity contribution in [3.63, 3.8) is 0 Å². The first kappa shape index (κ1) is 23.7. The fourth-order valence-corrected chi connectivity index (χ4v) is 6.02. The summed E-state index contributed by atoms with van der Waals surface area (Å²) in [5.74, 6) is 2.30. The highest BCUT2D eigenvalue weighted by molar-refractivity contribution is 5.91. The molecule has 2 saturated heterocycles. The lowest BCUT2D eigenvalue weighted by molar-refractivity contribution is -0.130. The summed E-state index contributed by atoms with van der Waals surface area (Å²) in [4.78, 5) is 19.9. The SMILES string of the molecule is COc1ccc(-c2[nH]c3ccc(C4CCN(C5CCN(C(C)=O)CC5)CC4)cc3c2C)cc1OC. The van der Waals surface area contributed by atoms with Crippen LogP contribution < -0.4 is 9.47 Å². The van der Waals surface area contributed by atoms with Crippen LogP contribution in [0.3, 0.4) is 0 Å². The van der Waals surface area contributed by atoms with Crippen LogP contribution in [-0.4, -0.2) is 67.1 Å². The first-order chi connectivity index (χ1) is 17.0. The maximum atomic E-state index is 11.6. The summed E-state index contributed by atoms with van der Waals surface area (Å²) in [6, 6.07) is 13.7. The lowest BCUT2D eigenvalue weighted by Gasteiger charge is -2.41. The average molecular weight is 476 g/mol. The molecule has 6 heteroatoms. The third-order valence-electron chi connectivity index (χ3n) is 8.18. The number of nitrogens with one attached hydrogen (secondary N) is 1. The number of amides is 1. The number of fused-ring (bicyclic) bond motifs is 1. The maximum absolute atomic E-state index is 11.6. The van der Waals surface area contributed by atoms with Gasteiger partial charge in [-0.1, -0.05) is 6.07 Å². The number of aromatic amines is 1. The zero-order chi connectivity index (χ0) is 24.5. The minimum Gasteiger partial charge on any atom is -0.493 e. The maximum Gasteiger partial charge on any atom is 0.219 e. The lowest BCUT2D eigenvalue weighted by Crippen LogP contribution is -2.48. The number of hydrogen-bond donors (Lipinski definition) is 1.